The summed E-state index contributed by atoms with van der Waals surface area (Å²) in [6.07, 6.45) is 3.92. The van der Waals surface area contributed by atoms with Gasteiger partial charge in [0.15, 0.2) is 6.10 Å². The SMILES string of the molecule is O=C(NC[C@@H](O)C1CCCCC1)[C@@H](O)c1ccccc1. The summed E-state index contributed by atoms with van der Waals surface area (Å²) < 4.78 is 0. The van der Waals surface area contributed by atoms with Crippen molar-refractivity contribution < 1.29 is 15.0 Å². The van der Waals surface area contributed by atoms with Crippen molar-refractivity contribution in [1.82, 2.24) is 5.32 Å². The molecule has 0 spiro atoms. The first-order valence-corrected chi connectivity index (χ1v) is 7.37. The van der Waals surface area contributed by atoms with Crippen LogP contribution in [0.1, 0.15) is 43.8 Å². The van der Waals surface area contributed by atoms with E-state index >= 15 is 0 Å². The van der Waals surface area contributed by atoms with E-state index in [0.29, 0.717) is 5.56 Å². The van der Waals surface area contributed by atoms with Crippen LogP contribution in [0.25, 0.3) is 0 Å². The lowest BCUT2D eigenvalue weighted by atomic mass is 9.85. The number of hydrogen-bond donors (Lipinski definition) is 3. The zero-order valence-electron chi connectivity index (χ0n) is 11.7. The van der Waals surface area contributed by atoms with Gasteiger partial charge in [0.2, 0.25) is 0 Å². The Morgan fingerprint density at radius 2 is 1.80 bits per heavy atom. The van der Waals surface area contributed by atoms with Crippen molar-refractivity contribution in [1.29, 1.82) is 0 Å². The minimum Gasteiger partial charge on any atom is -0.391 e. The number of aliphatic hydroxyl groups is 2. The van der Waals surface area contributed by atoms with Crippen LogP contribution in [0, 0.1) is 5.92 Å². The van der Waals surface area contributed by atoms with Gasteiger partial charge in [0, 0.05) is 6.54 Å². The lowest BCUT2D eigenvalue weighted by molar-refractivity contribution is -0.130. The van der Waals surface area contributed by atoms with E-state index < -0.39 is 18.1 Å². The maximum atomic E-state index is 11.9. The van der Waals surface area contributed by atoms with Crippen LogP contribution in [0.4, 0.5) is 0 Å². The highest BCUT2D eigenvalue weighted by Gasteiger charge is 2.23. The predicted molar refractivity (Wildman–Crippen MR) is 77.0 cm³/mol. The van der Waals surface area contributed by atoms with Crippen molar-refractivity contribution in [3.8, 4) is 0 Å². The Bertz CT molecular complexity index is 415. The maximum absolute atomic E-state index is 11.9. The molecule has 3 N–H and O–H groups in total. The molecule has 1 aliphatic rings. The second-order valence-electron chi connectivity index (χ2n) is 5.52. The van der Waals surface area contributed by atoms with Crippen molar-refractivity contribution in [3.05, 3.63) is 35.9 Å². The topological polar surface area (TPSA) is 69.6 Å². The largest absolute Gasteiger partial charge is 0.391 e. The van der Waals surface area contributed by atoms with Crippen LogP contribution in [-0.2, 0) is 4.79 Å². The van der Waals surface area contributed by atoms with E-state index in [-0.39, 0.29) is 12.5 Å². The summed E-state index contributed by atoms with van der Waals surface area (Å²) in [4.78, 5) is 11.9. The Labute approximate surface area is 119 Å². The minimum atomic E-state index is -1.17. The summed E-state index contributed by atoms with van der Waals surface area (Å²) in [5.41, 5.74) is 0.567. The molecular weight excluding hydrogens is 254 g/mol. The molecule has 0 aromatic heterocycles. The molecule has 1 aliphatic carbocycles. The lowest BCUT2D eigenvalue weighted by Crippen LogP contribution is -2.39. The molecule has 0 heterocycles. The van der Waals surface area contributed by atoms with Crippen molar-refractivity contribution in [2.24, 2.45) is 5.92 Å². The number of carbonyl (C=O) groups is 1. The average molecular weight is 277 g/mol. The van der Waals surface area contributed by atoms with Gasteiger partial charge < -0.3 is 15.5 Å². The monoisotopic (exact) mass is 277 g/mol. The third kappa shape index (κ3) is 4.05. The van der Waals surface area contributed by atoms with Crippen LogP contribution >= 0.6 is 0 Å². The summed E-state index contributed by atoms with van der Waals surface area (Å²) >= 11 is 0. The number of rotatable bonds is 5. The molecule has 110 valence electrons. The van der Waals surface area contributed by atoms with Crippen LogP contribution in [0.2, 0.25) is 0 Å². The molecule has 0 aliphatic heterocycles. The zero-order valence-corrected chi connectivity index (χ0v) is 11.7. The van der Waals surface area contributed by atoms with Crippen molar-refractivity contribution >= 4 is 5.91 Å². The van der Waals surface area contributed by atoms with Gasteiger partial charge in [-0.1, -0.05) is 49.6 Å². The molecule has 4 heteroatoms. The van der Waals surface area contributed by atoms with Crippen LogP contribution < -0.4 is 5.32 Å². The molecule has 0 saturated heterocycles. The first kappa shape index (κ1) is 15.0. The Kier molecular flexibility index (Phi) is 5.56. The summed E-state index contributed by atoms with van der Waals surface area (Å²) in [6, 6.07) is 8.82. The predicted octanol–water partition coefficient (Wildman–Crippen LogP) is 1.78. The first-order chi connectivity index (χ1) is 9.68. The summed E-state index contributed by atoms with van der Waals surface area (Å²) in [7, 11) is 0. The summed E-state index contributed by atoms with van der Waals surface area (Å²) in [5.74, 6) is -0.177. The molecule has 2 atom stereocenters. The smallest absolute Gasteiger partial charge is 0.253 e. The normalized spacial score (nSPS) is 19.3. The van der Waals surface area contributed by atoms with E-state index in [0.717, 1.165) is 25.7 Å². The molecule has 1 amide bonds. The van der Waals surface area contributed by atoms with Crippen LogP contribution in [-0.4, -0.2) is 28.8 Å². The van der Waals surface area contributed by atoms with Gasteiger partial charge in [0.05, 0.1) is 6.10 Å². The molecule has 20 heavy (non-hydrogen) atoms. The highest BCUT2D eigenvalue weighted by molar-refractivity contribution is 5.81. The molecule has 0 bridgehead atoms. The fourth-order valence-electron chi connectivity index (χ4n) is 2.77. The lowest BCUT2D eigenvalue weighted by Gasteiger charge is -2.27. The number of benzene rings is 1. The number of carbonyl (C=O) groups excluding carboxylic acids is 1. The van der Waals surface area contributed by atoms with Crippen LogP contribution in [0.15, 0.2) is 30.3 Å². The van der Waals surface area contributed by atoms with Gasteiger partial charge >= 0.3 is 0 Å². The minimum absolute atomic E-state index is 0.216. The van der Waals surface area contributed by atoms with E-state index in [9.17, 15) is 15.0 Å². The highest BCUT2D eigenvalue weighted by Crippen LogP contribution is 2.26. The Morgan fingerprint density at radius 1 is 1.15 bits per heavy atom. The Morgan fingerprint density at radius 3 is 2.45 bits per heavy atom. The fourth-order valence-corrected chi connectivity index (χ4v) is 2.77. The Hall–Kier alpha value is -1.39. The number of amides is 1. The number of aliphatic hydroxyl groups excluding tert-OH is 2. The van der Waals surface area contributed by atoms with Gasteiger partial charge in [-0.3, -0.25) is 4.79 Å². The molecule has 4 nitrogen and oxygen atoms in total. The molecule has 0 unspecified atom stereocenters. The summed E-state index contributed by atoms with van der Waals surface area (Å²) in [5, 5.41) is 22.6. The van der Waals surface area contributed by atoms with Gasteiger partial charge in [-0.05, 0) is 24.3 Å². The third-order valence-corrected chi connectivity index (χ3v) is 4.04. The number of hydrogen-bond acceptors (Lipinski definition) is 3. The first-order valence-electron chi connectivity index (χ1n) is 7.37. The molecule has 1 aromatic carbocycles. The van der Waals surface area contributed by atoms with Crippen molar-refractivity contribution in [3.63, 3.8) is 0 Å². The Balaban J connectivity index is 1.79. The molecule has 2 rings (SSSR count). The molecule has 1 aromatic rings. The second kappa shape index (κ2) is 7.41. The zero-order chi connectivity index (χ0) is 14.4. The molecule has 1 saturated carbocycles. The van der Waals surface area contributed by atoms with E-state index in [2.05, 4.69) is 5.32 Å². The summed E-state index contributed by atoms with van der Waals surface area (Å²) in [6.45, 7) is 0.216. The average Bonchev–Trinajstić information content (AvgIpc) is 2.53. The van der Waals surface area contributed by atoms with Gasteiger partial charge in [-0.25, -0.2) is 0 Å². The van der Waals surface area contributed by atoms with E-state index in [4.69, 9.17) is 0 Å². The van der Waals surface area contributed by atoms with Crippen molar-refractivity contribution in [2.75, 3.05) is 6.54 Å². The standard InChI is InChI=1S/C16H23NO3/c18-14(12-7-3-1-4-8-12)11-17-16(20)15(19)13-9-5-2-6-10-13/h2,5-6,9-10,12,14-15,18-19H,1,3-4,7-8,11H2,(H,17,20)/t14-,15+/m1/s1. The quantitative estimate of drug-likeness (QED) is 0.768. The van der Waals surface area contributed by atoms with E-state index in [1.165, 1.54) is 6.42 Å². The van der Waals surface area contributed by atoms with Gasteiger partial charge in [0.25, 0.3) is 5.91 Å². The second-order valence-corrected chi connectivity index (χ2v) is 5.52. The molecule has 0 radical (unpaired) electrons. The van der Waals surface area contributed by atoms with Gasteiger partial charge in [-0.2, -0.15) is 0 Å². The fraction of sp³-hybridized carbons (Fsp3) is 0.562. The van der Waals surface area contributed by atoms with Gasteiger partial charge in [-0.15, -0.1) is 0 Å². The molecule has 1 fully saturated rings. The van der Waals surface area contributed by atoms with Crippen LogP contribution in [0.3, 0.4) is 0 Å². The highest BCUT2D eigenvalue weighted by atomic mass is 16.3. The molecular formula is C16H23NO3. The third-order valence-electron chi connectivity index (χ3n) is 4.04. The maximum Gasteiger partial charge on any atom is 0.253 e. The van der Waals surface area contributed by atoms with Crippen molar-refractivity contribution in [2.45, 2.75) is 44.3 Å². The van der Waals surface area contributed by atoms with Crippen LogP contribution in [0.5, 0.6) is 0 Å². The number of nitrogens with one attached hydrogen (secondary N) is 1. The van der Waals surface area contributed by atoms with Gasteiger partial charge in [0.1, 0.15) is 0 Å². The van der Waals surface area contributed by atoms with E-state index in [1.807, 2.05) is 6.07 Å². The van der Waals surface area contributed by atoms with E-state index in [1.54, 1.807) is 24.3 Å².